The molecule has 0 aromatic carbocycles. The summed E-state index contributed by atoms with van der Waals surface area (Å²) in [5.41, 5.74) is 0. The molecular formula is C13H23NO2. The molecule has 3 unspecified atom stereocenters. The highest BCUT2D eigenvalue weighted by Crippen LogP contribution is 2.25. The summed E-state index contributed by atoms with van der Waals surface area (Å²) >= 11 is 0. The maximum Gasteiger partial charge on any atom is 0.136 e. The molecule has 1 saturated heterocycles. The summed E-state index contributed by atoms with van der Waals surface area (Å²) in [5.74, 6) is 0.837. The summed E-state index contributed by atoms with van der Waals surface area (Å²) in [6, 6.07) is 0.552. The van der Waals surface area contributed by atoms with Crippen molar-refractivity contribution in [2.45, 2.75) is 51.2 Å². The Kier molecular flexibility index (Phi) is 3.98. The standard InChI is InChI=1S/C13H23NO2/c1-10-12(7-9-16-10)14(2)8-6-11-4-3-5-13(11)15/h10-12H,3-9H2,1-2H3. The van der Waals surface area contributed by atoms with Gasteiger partial charge in [-0.15, -0.1) is 0 Å². The Bertz CT molecular complexity index is 254. The van der Waals surface area contributed by atoms with Gasteiger partial charge in [0.15, 0.2) is 0 Å². The van der Waals surface area contributed by atoms with Crippen molar-refractivity contribution in [1.82, 2.24) is 4.90 Å². The number of ketones is 1. The summed E-state index contributed by atoms with van der Waals surface area (Å²) in [5, 5.41) is 0. The third-order valence-corrected chi connectivity index (χ3v) is 4.16. The van der Waals surface area contributed by atoms with Gasteiger partial charge in [0.25, 0.3) is 0 Å². The summed E-state index contributed by atoms with van der Waals surface area (Å²) < 4.78 is 5.57. The van der Waals surface area contributed by atoms with Crippen molar-refractivity contribution in [3.63, 3.8) is 0 Å². The molecule has 0 bridgehead atoms. The minimum Gasteiger partial charge on any atom is -0.377 e. The number of ether oxygens (including phenoxy) is 1. The van der Waals surface area contributed by atoms with Crippen molar-refractivity contribution in [2.24, 2.45) is 5.92 Å². The first kappa shape index (κ1) is 12.1. The van der Waals surface area contributed by atoms with E-state index in [0.29, 0.717) is 23.8 Å². The molecule has 0 spiro atoms. The quantitative estimate of drug-likeness (QED) is 0.731. The van der Waals surface area contributed by atoms with Gasteiger partial charge in [-0.3, -0.25) is 4.79 Å². The van der Waals surface area contributed by atoms with Gasteiger partial charge in [-0.25, -0.2) is 0 Å². The average molecular weight is 225 g/mol. The minimum absolute atomic E-state index is 0.347. The van der Waals surface area contributed by atoms with Gasteiger partial charge in [0.1, 0.15) is 5.78 Å². The molecule has 92 valence electrons. The number of hydrogen-bond donors (Lipinski definition) is 0. The second-order valence-corrected chi connectivity index (χ2v) is 5.26. The lowest BCUT2D eigenvalue weighted by atomic mass is 10.0. The lowest BCUT2D eigenvalue weighted by Gasteiger charge is -2.27. The van der Waals surface area contributed by atoms with Gasteiger partial charge in [-0.1, -0.05) is 0 Å². The van der Waals surface area contributed by atoms with Crippen molar-refractivity contribution in [3.05, 3.63) is 0 Å². The van der Waals surface area contributed by atoms with Crippen LogP contribution in [0.1, 0.15) is 39.0 Å². The maximum absolute atomic E-state index is 11.5. The molecule has 1 heterocycles. The Hall–Kier alpha value is -0.410. The Morgan fingerprint density at radius 2 is 2.25 bits per heavy atom. The van der Waals surface area contributed by atoms with Crippen molar-refractivity contribution in [1.29, 1.82) is 0 Å². The summed E-state index contributed by atoms with van der Waals surface area (Å²) in [4.78, 5) is 13.9. The van der Waals surface area contributed by atoms with E-state index >= 15 is 0 Å². The molecule has 2 rings (SSSR count). The van der Waals surface area contributed by atoms with Crippen LogP contribution in [0, 0.1) is 5.92 Å². The number of carbonyl (C=O) groups is 1. The average Bonchev–Trinajstić information content (AvgIpc) is 2.84. The largest absolute Gasteiger partial charge is 0.377 e. The molecule has 3 atom stereocenters. The normalized spacial score (nSPS) is 35.2. The van der Waals surface area contributed by atoms with E-state index in [1.807, 2.05) is 0 Å². The molecular weight excluding hydrogens is 202 g/mol. The van der Waals surface area contributed by atoms with Crippen LogP contribution in [0.3, 0.4) is 0 Å². The molecule has 0 aromatic heterocycles. The van der Waals surface area contributed by atoms with Gasteiger partial charge in [0, 0.05) is 25.0 Å². The van der Waals surface area contributed by atoms with E-state index in [4.69, 9.17) is 4.74 Å². The second kappa shape index (κ2) is 5.28. The second-order valence-electron chi connectivity index (χ2n) is 5.26. The fourth-order valence-corrected chi connectivity index (χ4v) is 3.02. The van der Waals surface area contributed by atoms with Gasteiger partial charge in [-0.2, -0.15) is 0 Å². The van der Waals surface area contributed by atoms with Crippen molar-refractivity contribution in [2.75, 3.05) is 20.2 Å². The maximum atomic E-state index is 11.5. The number of Topliss-reactive ketones (excluding diaryl/α,β-unsaturated/α-hetero) is 1. The summed E-state index contributed by atoms with van der Waals surface area (Å²) in [7, 11) is 2.16. The molecule has 0 amide bonds. The van der Waals surface area contributed by atoms with Crippen LogP contribution in [0.5, 0.6) is 0 Å². The van der Waals surface area contributed by atoms with E-state index in [1.54, 1.807) is 0 Å². The van der Waals surface area contributed by atoms with Crippen LogP contribution >= 0.6 is 0 Å². The number of nitrogens with zero attached hydrogens (tertiary/aromatic N) is 1. The molecule has 1 aliphatic heterocycles. The zero-order valence-corrected chi connectivity index (χ0v) is 10.4. The van der Waals surface area contributed by atoms with Crippen molar-refractivity contribution in [3.8, 4) is 0 Å². The van der Waals surface area contributed by atoms with Crippen LogP contribution in [0.4, 0.5) is 0 Å². The van der Waals surface area contributed by atoms with Crippen molar-refractivity contribution < 1.29 is 9.53 Å². The first-order valence-corrected chi connectivity index (χ1v) is 6.53. The smallest absolute Gasteiger partial charge is 0.136 e. The highest BCUT2D eigenvalue weighted by atomic mass is 16.5. The van der Waals surface area contributed by atoms with Gasteiger partial charge in [-0.05, 0) is 46.2 Å². The lowest BCUT2D eigenvalue weighted by Crippen LogP contribution is -2.38. The first-order valence-electron chi connectivity index (χ1n) is 6.53. The molecule has 2 aliphatic rings. The van der Waals surface area contributed by atoms with Crippen LogP contribution in [0.15, 0.2) is 0 Å². The molecule has 0 radical (unpaired) electrons. The van der Waals surface area contributed by atoms with Gasteiger partial charge < -0.3 is 9.64 Å². The van der Waals surface area contributed by atoms with E-state index in [0.717, 1.165) is 45.3 Å². The third kappa shape index (κ3) is 2.64. The molecule has 0 N–H and O–H groups in total. The van der Waals surface area contributed by atoms with Crippen molar-refractivity contribution >= 4 is 5.78 Å². The molecule has 3 nitrogen and oxygen atoms in total. The van der Waals surface area contributed by atoms with Crippen LogP contribution in [-0.2, 0) is 9.53 Å². The topological polar surface area (TPSA) is 29.5 Å². The monoisotopic (exact) mass is 225 g/mol. The summed E-state index contributed by atoms with van der Waals surface area (Å²) in [6.07, 6.45) is 5.57. The van der Waals surface area contributed by atoms with Crippen LogP contribution in [0.25, 0.3) is 0 Å². The third-order valence-electron chi connectivity index (χ3n) is 4.16. The fourth-order valence-electron chi connectivity index (χ4n) is 3.02. The molecule has 0 aromatic rings. The Morgan fingerprint density at radius 3 is 2.81 bits per heavy atom. The minimum atomic E-state index is 0.347. The van der Waals surface area contributed by atoms with Gasteiger partial charge >= 0.3 is 0 Å². The molecule has 1 aliphatic carbocycles. The predicted molar refractivity (Wildman–Crippen MR) is 63.4 cm³/mol. The van der Waals surface area contributed by atoms with Gasteiger partial charge in [0.05, 0.1) is 6.10 Å². The van der Waals surface area contributed by atoms with Crippen LogP contribution in [-0.4, -0.2) is 43.0 Å². The van der Waals surface area contributed by atoms with E-state index < -0.39 is 0 Å². The van der Waals surface area contributed by atoms with E-state index in [-0.39, 0.29) is 0 Å². The Balaban J connectivity index is 1.74. The molecule has 16 heavy (non-hydrogen) atoms. The molecule has 2 fully saturated rings. The van der Waals surface area contributed by atoms with E-state index in [1.165, 1.54) is 0 Å². The van der Waals surface area contributed by atoms with E-state index in [9.17, 15) is 4.79 Å². The fraction of sp³-hybridized carbons (Fsp3) is 0.923. The summed E-state index contributed by atoms with van der Waals surface area (Å²) in [6.45, 7) is 4.07. The van der Waals surface area contributed by atoms with E-state index in [2.05, 4.69) is 18.9 Å². The lowest BCUT2D eigenvalue weighted by molar-refractivity contribution is -0.120. The zero-order chi connectivity index (χ0) is 11.5. The Labute approximate surface area is 98.1 Å². The number of likely N-dealkylation sites (N-methyl/N-ethyl adjacent to an activating group) is 1. The SMILES string of the molecule is CC1OCCC1N(C)CCC1CCCC1=O. The number of hydrogen-bond acceptors (Lipinski definition) is 3. The van der Waals surface area contributed by atoms with Gasteiger partial charge in [0.2, 0.25) is 0 Å². The highest BCUT2D eigenvalue weighted by molar-refractivity contribution is 5.82. The predicted octanol–water partition coefficient (Wildman–Crippen LogP) is 1.85. The molecule has 1 saturated carbocycles. The highest BCUT2D eigenvalue weighted by Gasteiger charge is 2.29. The number of carbonyl (C=O) groups excluding carboxylic acids is 1. The number of rotatable bonds is 4. The molecule has 3 heteroatoms. The Morgan fingerprint density at radius 1 is 1.44 bits per heavy atom. The first-order chi connectivity index (χ1) is 7.68. The zero-order valence-electron chi connectivity index (χ0n) is 10.4. The van der Waals surface area contributed by atoms with Crippen LogP contribution < -0.4 is 0 Å². The van der Waals surface area contributed by atoms with Crippen LogP contribution in [0.2, 0.25) is 0 Å².